The van der Waals surface area contributed by atoms with Crippen LogP contribution in [0.2, 0.25) is 0 Å². The summed E-state index contributed by atoms with van der Waals surface area (Å²) >= 11 is 0. The second kappa shape index (κ2) is 5.65. The largest absolute Gasteiger partial charge is 0.478 e. The van der Waals surface area contributed by atoms with Gasteiger partial charge in [-0.25, -0.2) is 9.18 Å². The predicted molar refractivity (Wildman–Crippen MR) is 68.2 cm³/mol. The van der Waals surface area contributed by atoms with Crippen LogP contribution in [0, 0.1) is 5.82 Å². The number of hydrogen-bond acceptors (Lipinski definition) is 2. The van der Waals surface area contributed by atoms with Crippen LogP contribution in [0.1, 0.15) is 35.2 Å². The Morgan fingerprint density at radius 1 is 1.37 bits per heavy atom. The van der Waals surface area contributed by atoms with Crippen molar-refractivity contribution >= 4 is 18.0 Å². The lowest BCUT2D eigenvalue weighted by Gasteiger charge is -2.26. The molecule has 0 saturated heterocycles. The molecule has 1 fully saturated rings. The van der Waals surface area contributed by atoms with E-state index >= 15 is 0 Å². The summed E-state index contributed by atoms with van der Waals surface area (Å²) in [5, 5.41) is 11.3. The number of carboxylic acid groups (broad SMARTS) is 1. The Bertz CT molecular complexity index is 535. The first kappa shape index (κ1) is 13.3. The maximum atomic E-state index is 13.7. The predicted octanol–water partition coefficient (Wildman–Crippen LogP) is 2.21. The van der Waals surface area contributed by atoms with E-state index in [9.17, 15) is 14.0 Å². The highest BCUT2D eigenvalue weighted by Gasteiger charge is 2.20. The summed E-state index contributed by atoms with van der Waals surface area (Å²) in [6, 6.07) is 4.20. The quantitative estimate of drug-likeness (QED) is 0.818. The maximum Gasteiger partial charge on any atom is 0.328 e. The van der Waals surface area contributed by atoms with E-state index < -0.39 is 11.8 Å². The third-order valence-electron chi connectivity index (χ3n) is 3.11. The van der Waals surface area contributed by atoms with Crippen molar-refractivity contribution in [3.05, 3.63) is 41.2 Å². The van der Waals surface area contributed by atoms with Gasteiger partial charge in [0.25, 0.3) is 5.91 Å². The van der Waals surface area contributed by atoms with Crippen molar-refractivity contribution in [1.29, 1.82) is 0 Å². The molecule has 1 aliphatic carbocycles. The van der Waals surface area contributed by atoms with Gasteiger partial charge >= 0.3 is 5.97 Å². The molecule has 0 bridgehead atoms. The molecule has 0 radical (unpaired) electrons. The van der Waals surface area contributed by atoms with Crippen molar-refractivity contribution in [3.63, 3.8) is 0 Å². The van der Waals surface area contributed by atoms with Crippen LogP contribution in [0.15, 0.2) is 24.3 Å². The van der Waals surface area contributed by atoms with Gasteiger partial charge in [0.05, 0.1) is 0 Å². The molecular formula is C14H14FNO3. The minimum absolute atomic E-state index is 0.141. The Balaban J connectivity index is 2.09. The molecule has 2 rings (SSSR count). The Hall–Kier alpha value is -2.17. The molecule has 100 valence electrons. The second-order valence-electron chi connectivity index (χ2n) is 4.51. The fourth-order valence-corrected chi connectivity index (χ4v) is 1.79. The lowest BCUT2D eigenvalue weighted by atomic mass is 9.93. The van der Waals surface area contributed by atoms with Crippen LogP contribution in [0.4, 0.5) is 4.39 Å². The zero-order chi connectivity index (χ0) is 13.8. The standard InChI is InChI=1S/C14H14FNO3/c15-12-8-10(14(19)16-11-2-1-3-11)5-4-9(12)6-7-13(17)18/h4-8,11H,1-3H2,(H,16,19)(H,17,18). The number of amides is 1. The minimum atomic E-state index is -1.15. The van der Waals surface area contributed by atoms with E-state index in [0.717, 1.165) is 37.5 Å². The Labute approximate surface area is 109 Å². The molecule has 1 saturated carbocycles. The SMILES string of the molecule is O=C(O)C=Cc1ccc(C(=O)NC2CCC2)cc1F. The van der Waals surface area contributed by atoms with Crippen LogP contribution < -0.4 is 5.32 Å². The molecule has 2 N–H and O–H groups in total. The van der Waals surface area contributed by atoms with Gasteiger partial charge in [-0.2, -0.15) is 0 Å². The highest BCUT2D eigenvalue weighted by atomic mass is 19.1. The van der Waals surface area contributed by atoms with Crippen LogP contribution in [-0.4, -0.2) is 23.0 Å². The van der Waals surface area contributed by atoms with Gasteiger partial charge in [-0.1, -0.05) is 6.07 Å². The number of hydrogen-bond donors (Lipinski definition) is 2. The minimum Gasteiger partial charge on any atom is -0.478 e. The van der Waals surface area contributed by atoms with Crippen molar-refractivity contribution in [1.82, 2.24) is 5.32 Å². The summed E-state index contributed by atoms with van der Waals surface area (Å²) in [5.41, 5.74) is 0.388. The van der Waals surface area contributed by atoms with Gasteiger partial charge in [0.1, 0.15) is 5.82 Å². The first-order valence-electron chi connectivity index (χ1n) is 6.07. The molecule has 0 aromatic heterocycles. The van der Waals surface area contributed by atoms with Gasteiger partial charge in [0.15, 0.2) is 0 Å². The molecule has 1 aromatic rings. The molecule has 4 nitrogen and oxygen atoms in total. The Morgan fingerprint density at radius 2 is 2.11 bits per heavy atom. The monoisotopic (exact) mass is 263 g/mol. The molecular weight excluding hydrogens is 249 g/mol. The summed E-state index contributed by atoms with van der Waals surface area (Å²) < 4.78 is 13.7. The molecule has 0 spiro atoms. The Kier molecular flexibility index (Phi) is 3.94. The lowest BCUT2D eigenvalue weighted by Crippen LogP contribution is -2.39. The summed E-state index contributed by atoms with van der Waals surface area (Å²) in [7, 11) is 0. The van der Waals surface area contributed by atoms with Gasteiger partial charge in [-0.3, -0.25) is 4.79 Å². The Morgan fingerprint density at radius 3 is 2.63 bits per heavy atom. The van der Waals surface area contributed by atoms with Crippen molar-refractivity contribution in [2.45, 2.75) is 25.3 Å². The third kappa shape index (κ3) is 3.40. The zero-order valence-corrected chi connectivity index (χ0v) is 10.2. The second-order valence-corrected chi connectivity index (χ2v) is 4.51. The number of halogens is 1. The molecule has 0 heterocycles. The van der Waals surface area contributed by atoms with Crippen LogP contribution in [0.5, 0.6) is 0 Å². The van der Waals surface area contributed by atoms with Crippen LogP contribution >= 0.6 is 0 Å². The average Bonchev–Trinajstić information content (AvgIpc) is 2.31. The summed E-state index contributed by atoms with van der Waals surface area (Å²) in [6.07, 6.45) is 5.05. The fraction of sp³-hybridized carbons (Fsp3) is 0.286. The highest BCUT2D eigenvalue weighted by Crippen LogP contribution is 2.19. The molecule has 19 heavy (non-hydrogen) atoms. The molecule has 5 heteroatoms. The molecule has 0 atom stereocenters. The topological polar surface area (TPSA) is 66.4 Å². The van der Waals surface area contributed by atoms with E-state index in [-0.39, 0.29) is 23.1 Å². The number of nitrogens with one attached hydrogen (secondary N) is 1. The van der Waals surface area contributed by atoms with E-state index in [4.69, 9.17) is 5.11 Å². The zero-order valence-electron chi connectivity index (χ0n) is 10.2. The van der Waals surface area contributed by atoms with Crippen LogP contribution in [0.25, 0.3) is 6.08 Å². The van der Waals surface area contributed by atoms with Gasteiger partial charge in [-0.05, 0) is 37.5 Å². The van der Waals surface area contributed by atoms with Crippen LogP contribution in [0.3, 0.4) is 0 Å². The summed E-state index contributed by atoms with van der Waals surface area (Å²) in [6.45, 7) is 0. The lowest BCUT2D eigenvalue weighted by molar-refractivity contribution is -0.131. The molecule has 0 aliphatic heterocycles. The molecule has 0 unspecified atom stereocenters. The van der Waals surface area contributed by atoms with E-state index in [0.29, 0.717) is 0 Å². The first-order chi connectivity index (χ1) is 9.06. The highest BCUT2D eigenvalue weighted by molar-refractivity contribution is 5.94. The smallest absolute Gasteiger partial charge is 0.328 e. The first-order valence-corrected chi connectivity index (χ1v) is 6.07. The number of benzene rings is 1. The maximum absolute atomic E-state index is 13.7. The van der Waals surface area contributed by atoms with Gasteiger partial charge < -0.3 is 10.4 Å². The van der Waals surface area contributed by atoms with Gasteiger partial charge in [0.2, 0.25) is 0 Å². The molecule has 1 aliphatic rings. The van der Waals surface area contributed by atoms with Gasteiger partial charge in [-0.15, -0.1) is 0 Å². The number of carbonyl (C=O) groups excluding carboxylic acids is 1. The van der Waals surface area contributed by atoms with Crippen molar-refractivity contribution in [2.24, 2.45) is 0 Å². The van der Waals surface area contributed by atoms with Crippen LogP contribution in [-0.2, 0) is 4.79 Å². The van der Waals surface area contributed by atoms with Gasteiger partial charge in [0, 0.05) is 23.2 Å². The number of rotatable bonds is 4. The third-order valence-corrected chi connectivity index (χ3v) is 3.11. The summed E-state index contributed by atoms with van der Waals surface area (Å²) in [5.74, 6) is -2.05. The average molecular weight is 263 g/mol. The number of aliphatic carboxylic acids is 1. The fourth-order valence-electron chi connectivity index (χ4n) is 1.79. The van der Waals surface area contributed by atoms with E-state index in [2.05, 4.69) is 5.32 Å². The van der Waals surface area contributed by atoms with Crippen molar-refractivity contribution < 1.29 is 19.1 Å². The normalized spacial score (nSPS) is 15.2. The number of carbonyl (C=O) groups is 2. The number of carboxylic acids is 1. The summed E-state index contributed by atoms with van der Waals surface area (Å²) in [4.78, 5) is 22.1. The van der Waals surface area contributed by atoms with Crippen molar-refractivity contribution in [2.75, 3.05) is 0 Å². The van der Waals surface area contributed by atoms with E-state index in [1.807, 2.05) is 0 Å². The van der Waals surface area contributed by atoms with E-state index in [1.165, 1.54) is 12.1 Å². The van der Waals surface area contributed by atoms with Crippen molar-refractivity contribution in [3.8, 4) is 0 Å². The molecule has 1 amide bonds. The molecule has 1 aromatic carbocycles. The van der Waals surface area contributed by atoms with E-state index in [1.54, 1.807) is 0 Å².